The van der Waals surface area contributed by atoms with Gasteiger partial charge in [-0.15, -0.1) is 16.4 Å². The molecule has 1 fully saturated rings. The normalized spacial score (nSPS) is 17.2. The average molecular weight is 494 g/mol. The van der Waals surface area contributed by atoms with E-state index in [2.05, 4.69) is 30.2 Å². The molecule has 16 nitrogen and oxygen atoms in total. The molecule has 0 saturated carbocycles. The Balaban J connectivity index is 0.00000363. The molecule has 164 valence electrons. The van der Waals surface area contributed by atoms with Crippen LogP contribution in [0.3, 0.4) is 0 Å². The molecule has 0 bridgehead atoms. The van der Waals surface area contributed by atoms with Crippen molar-refractivity contribution < 1.29 is 66.5 Å². The van der Waals surface area contributed by atoms with Crippen molar-refractivity contribution in [3.8, 4) is 0 Å². The molecule has 32 heavy (non-hydrogen) atoms. The topological polar surface area (TPSA) is 224 Å². The van der Waals surface area contributed by atoms with Crippen molar-refractivity contribution in [1.29, 1.82) is 0 Å². The molecule has 2 N–H and O–H groups in total. The number of oxime groups is 1. The second-order valence-electron chi connectivity index (χ2n) is 5.51. The van der Waals surface area contributed by atoms with Crippen molar-refractivity contribution in [2.75, 3.05) is 12.8 Å². The minimum atomic E-state index is -5.33. The number of aliphatic imine (C=N–C) groups is 1. The third kappa shape index (κ3) is 5.34. The van der Waals surface area contributed by atoms with Gasteiger partial charge in [-0.3, -0.25) is 9.59 Å². The van der Waals surface area contributed by atoms with Crippen molar-refractivity contribution in [1.82, 2.24) is 24.3 Å². The van der Waals surface area contributed by atoms with E-state index < -0.39 is 45.7 Å². The number of hydrogen-bond donors (Lipinski definition) is 1. The summed E-state index contributed by atoms with van der Waals surface area (Å²) in [6, 6.07) is 0. The number of nitrogens with two attached hydrogens (primary N) is 1. The van der Waals surface area contributed by atoms with Gasteiger partial charge in [-0.25, -0.2) is 32.2 Å². The van der Waals surface area contributed by atoms with Gasteiger partial charge >= 0.3 is 35.5 Å². The van der Waals surface area contributed by atoms with Gasteiger partial charge in [-0.1, -0.05) is 10.4 Å². The van der Waals surface area contributed by atoms with Gasteiger partial charge in [0.1, 0.15) is 6.21 Å². The average Bonchev–Trinajstić information content (AvgIpc) is 3.34. The summed E-state index contributed by atoms with van der Waals surface area (Å²) >= 11 is 1.18. The van der Waals surface area contributed by atoms with Crippen LogP contribution in [0.25, 0.3) is 0 Å². The molecule has 0 aromatic carbocycles. The first-order chi connectivity index (χ1) is 14.6. The van der Waals surface area contributed by atoms with Crippen LogP contribution < -0.4 is 35.3 Å². The number of rotatable bonds is 7. The summed E-state index contributed by atoms with van der Waals surface area (Å²) in [5, 5.41) is 12.2. The van der Waals surface area contributed by atoms with E-state index >= 15 is 0 Å². The summed E-state index contributed by atoms with van der Waals surface area (Å²) in [6.45, 7) is -0.0980. The number of aromatic nitrogens is 4. The first-order valence-corrected chi connectivity index (χ1v) is 10.1. The monoisotopic (exact) mass is 494 g/mol. The van der Waals surface area contributed by atoms with Gasteiger partial charge in [0.25, 0.3) is 11.8 Å². The molecule has 2 aromatic rings. The summed E-state index contributed by atoms with van der Waals surface area (Å²) in [6.07, 6.45) is -0.309. The van der Waals surface area contributed by atoms with Crippen LogP contribution in [0.15, 0.2) is 21.7 Å². The van der Waals surface area contributed by atoms with Gasteiger partial charge in [0.15, 0.2) is 39.6 Å². The number of methoxy groups -OCH3 is 1. The number of carbonyl (C=O) groups is 3. The van der Waals surface area contributed by atoms with E-state index in [0.717, 1.165) is 13.3 Å². The van der Waals surface area contributed by atoms with E-state index in [1.807, 2.05) is 0 Å². The minimum Gasteiger partial charge on any atom is -0.731 e. The third-order valence-corrected chi connectivity index (χ3v) is 5.15. The molecule has 19 heteroatoms. The number of amides is 2. The maximum atomic E-state index is 12.1. The molecule has 1 saturated heterocycles. The van der Waals surface area contributed by atoms with Crippen LogP contribution >= 0.6 is 11.3 Å². The Hall–Kier alpha value is -2.77. The van der Waals surface area contributed by atoms with E-state index in [9.17, 15) is 27.4 Å². The molecule has 3 rings (SSSR count). The van der Waals surface area contributed by atoms with Crippen LogP contribution in [-0.2, 0) is 36.1 Å². The van der Waals surface area contributed by atoms with E-state index in [1.54, 1.807) is 5.38 Å². The molecule has 2 amide bonds. The number of esters is 1. The molecule has 3 heterocycles. The number of nitrogens with zero attached hydrogens (tertiary/aromatic N) is 7. The Morgan fingerprint density at radius 2 is 2.16 bits per heavy atom. The van der Waals surface area contributed by atoms with Gasteiger partial charge in [0, 0.05) is 5.38 Å². The second kappa shape index (κ2) is 10.2. The van der Waals surface area contributed by atoms with Crippen LogP contribution in [0.4, 0.5) is 5.13 Å². The Bertz CT molecular complexity index is 1210. The zero-order valence-electron chi connectivity index (χ0n) is 16.3. The predicted molar refractivity (Wildman–Crippen MR) is 99.2 cm³/mol. The summed E-state index contributed by atoms with van der Waals surface area (Å²) in [5.74, 6) is -3.49. The van der Waals surface area contributed by atoms with Gasteiger partial charge in [0.2, 0.25) is 0 Å². The Morgan fingerprint density at radius 1 is 1.44 bits per heavy atom. The maximum absolute atomic E-state index is 12.1. The van der Waals surface area contributed by atoms with Crippen LogP contribution in [0.1, 0.15) is 22.3 Å². The van der Waals surface area contributed by atoms with Crippen molar-refractivity contribution >= 4 is 56.5 Å². The van der Waals surface area contributed by atoms with Crippen LogP contribution in [0.2, 0.25) is 0 Å². The number of thiazole rings is 1. The fraction of sp³-hybridized carbons (Fsp3) is 0.231. The summed E-state index contributed by atoms with van der Waals surface area (Å²) in [5.41, 5.74) is 4.83. The van der Waals surface area contributed by atoms with E-state index in [1.165, 1.54) is 11.3 Å². The zero-order chi connectivity index (χ0) is 22.8. The SMILES string of the molecule is COC(=O)c1cnnn1C1C(=NC(=O)/C=N/OCc2csc(N)n2)C(=O)N1S(=O)(=O)[O-].[Na+]. The van der Waals surface area contributed by atoms with Crippen LogP contribution in [0.5, 0.6) is 0 Å². The van der Waals surface area contributed by atoms with E-state index in [4.69, 9.17) is 10.6 Å². The number of hydrogen-bond acceptors (Lipinski definition) is 14. The van der Waals surface area contributed by atoms with E-state index in [0.29, 0.717) is 21.7 Å². The number of anilines is 1. The molecule has 0 aliphatic carbocycles. The number of ether oxygens (including phenoxy) is 1. The number of nitrogen functional groups attached to an aromatic ring is 1. The third-order valence-electron chi connectivity index (χ3n) is 3.58. The standard InChI is InChI=1S/C13H12N8O8S2.Na/c1-28-12(24)7-2-15-19-20(7)10-9(11(23)21(10)31(25,26)27)18-8(22)3-16-29-4-6-5-30-13(14)17-6;/h2-3,5,10H,4H2,1H3,(H2,14,17)(H,25,26,27);/q;+1/p-1/b16-3+,18-9?;. The fourth-order valence-corrected chi connectivity index (χ4v) is 3.60. The molecule has 1 unspecified atom stereocenters. The fourth-order valence-electron chi connectivity index (χ4n) is 2.32. The maximum Gasteiger partial charge on any atom is 1.00 e. The smallest absolute Gasteiger partial charge is 0.731 e. The van der Waals surface area contributed by atoms with Crippen LogP contribution in [0, 0.1) is 0 Å². The molecule has 2 aromatic heterocycles. The van der Waals surface area contributed by atoms with E-state index in [-0.39, 0.29) is 40.5 Å². The summed E-state index contributed by atoms with van der Waals surface area (Å²) in [4.78, 5) is 48.0. The van der Waals surface area contributed by atoms with Gasteiger partial charge < -0.3 is 19.9 Å². The number of β-lactam (4-membered cyclic amide) rings is 1. The Morgan fingerprint density at radius 3 is 2.75 bits per heavy atom. The molecule has 1 atom stereocenters. The van der Waals surface area contributed by atoms with Crippen molar-refractivity contribution in [2.24, 2.45) is 10.1 Å². The molecular weight excluding hydrogens is 483 g/mol. The quantitative estimate of drug-likeness (QED) is 0.0954. The van der Waals surface area contributed by atoms with Gasteiger partial charge in [-0.05, 0) is 0 Å². The zero-order valence-corrected chi connectivity index (χ0v) is 19.9. The molecule has 1 aliphatic rings. The van der Waals surface area contributed by atoms with Gasteiger partial charge in [-0.2, -0.15) is 0 Å². The molecule has 0 spiro atoms. The first kappa shape index (κ1) is 25.5. The minimum absolute atomic E-state index is 0. The number of carbonyl (C=O) groups excluding carboxylic acids is 3. The predicted octanol–water partition coefficient (Wildman–Crippen LogP) is -4.92. The molecular formula is C13H11N8NaO8S2. The van der Waals surface area contributed by atoms with Crippen molar-refractivity contribution in [3.05, 3.63) is 23.0 Å². The van der Waals surface area contributed by atoms with Gasteiger partial charge in [0.05, 0.1) is 19.0 Å². The Labute approximate surface area is 205 Å². The molecule has 1 aliphatic heterocycles. The largest absolute Gasteiger partial charge is 1.00 e. The summed E-state index contributed by atoms with van der Waals surface area (Å²) in [7, 11) is -4.30. The first-order valence-electron chi connectivity index (χ1n) is 7.89. The Kier molecular flexibility index (Phi) is 8.15. The summed E-state index contributed by atoms with van der Waals surface area (Å²) < 4.78 is 39.2. The van der Waals surface area contributed by atoms with Crippen molar-refractivity contribution in [2.45, 2.75) is 12.8 Å². The molecule has 0 radical (unpaired) electrons. The van der Waals surface area contributed by atoms with Crippen LogP contribution in [-0.4, -0.2) is 74.1 Å². The van der Waals surface area contributed by atoms with Crippen molar-refractivity contribution in [3.63, 3.8) is 0 Å². The second-order valence-corrected chi connectivity index (χ2v) is 7.65.